The zero-order valence-corrected chi connectivity index (χ0v) is 16.6. The normalized spacial score (nSPS) is 11.3. The molecule has 0 saturated carbocycles. The van der Waals surface area contributed by atoms with Crippen LogP contribution in [-0.2, 0) is 7.05 Å². The van der Waals surface area contributed by atoms with E-state index in [1.54, 1.807) is 13.3 Å². The second-order valence-corrected chi connectivity index (χ2v) is 7.39. The van der Waals surface area contributed by atoms with Crippen molar-refractivity contribution in [3.05, 3.63) is 56.8 Å². The first kappa shape index (κ1) is 17.4. The van der Waals surface area contributed by atoms with Crippen LogP contribution in [0.4, 0.5) is 0 Å². The lowest BCUT2D eigenvalue weighted by Gasteiger charge is -2.07. The molecule has 0 N–H and O–H groups in total. The summed E-state index contributed by atoms with van der Waals surface area (Å²) in [7, 11) is 1.67. The number of hydrogen-bond acceptors (Lipinski definition) is 6. The molecule has 0 atom stereocenters. The highest BCUT2D eigenvalue weighted by atomic mass is 32.1. The predicted molar refractivity (Wildman–Crippen MR) is 104 cm³/mol. The van der Waals surface area contributed by atoms with Gasteiger partial charge in [0.25, 0.3) is 5.56 Å². The van der Waals surface area contributed by atoms with Gasteiger partial charge in [0.05, 0.1) is 17.0 Å². The molecular weight excluding hydrogens is 362 g/mol. The molecule has 0 amide bonds. The van der Waals surface area contributed by atoms with E-state index >= 15 is 0 Å². The topological polar surface area (TPSA) is 78.7 Å². The molecule has 0 aliphatic rings. The number of aryl methyl sites for hydroxylation is 3. The van der Waals surface area contributed by atoms with E-state index in [1.807, 2.05) is 43.7 Å². The lowest BCUT2D eigenvalue weighted by molar-refractivity contribution is 0.416. The van der Waals surface area contributed by atoms with Crippen LogP contribution in [0.5, 0.6) is 0 Å². The molecule has 0 aromatic carbocycles. The first-order valence-electron chi connectivity index (χ1n) is 8.49. The first-order valence-corrected chi connectivity index (χ1v) is 9.37. The summed E-state index contributed by atoms with van der Waals surface area (Å²) >= 11 is 1.47. The Morgan fingerprint density at radius 3 is 2.67 bits per heavy atom. The average Bonchev–Trinajstić information content (AvgIpc) is 3.34. The van der Waals surface area contributed by atoms with Crippen LogP contribution in [0.15, 0.2) is 33.1 Å². The average molecular weight is 381 g/mol. The molecule has 27 heavy (non-hydrogen) atoms. The summed E-state index contributed by atoms with van der Waals surface area (Å²) in [5, 5.41) is 11.0. The van der Waals surface area contributed by atoms with Gasteiger partial charge in [0.2, 0.25) is 0 Å². The van der Waals surface area contributed by atoms with Crippen LogP contribution in [-0.4, -0.2) is 24.5 Å². The number of thiazole rings is 1. The maximum Gasteiger partial charge on any atom is 0.277 e. The van der Waals surface area contributed by atoms with Crippen LogP contribution in [0.3, 0.4) is 0 Å². The summed E-state index contributed by atoms with van der Waals surface area (Å²) in [5.74, 6) is 0.737. The van der Waals surface area contributed by atoms with Crippen molar-refractivity contribution >= 4 is 11.3 Å². The van der Waals surface area contributed by atoms with Gasteiger partial charge < -0.3 is 4.52 Å². The molecule has 0 fully saturated rings. The summed E-state index contributed by atoms with van der Waals surface area (Å²) in [6.45, 7) is 7.86. The summed E-state index contributed by atoms with van der Waals surface area (Å²) in [6, 6.07) is 3.90. The van der Waals surface area contributed by atoms with Gasteiger partial charge in [-0.25, -0.2) is 9.67 Å². The van der Waals surface area contributed by atoms with Crippen molar-refractivity contribution in [3.8, 4) is 27.6 Å². The Bertz CT molecular complexity index is 1200. The number of hydrogen-bond donors (Lipinski definition) is 0. The number of rotatable bonds is 3. The van der Waals surface area contributed by atoms with E-state index in [1.165, 1.54) is 16.0 Å². The molecule has 0 unspecified atom stereocenters. The highest BCUT2D eigenvalue weighted by Crippen LogP contribution is 2.33. The molecule has 0 radical (unpaired) electrons. The second kappa shape index (κ2) is 6.31. The van der Waals surface area contributed by atoms with Gasteiger partial charge in [-0.05, 0) is 39.3 Å². The van der Waals surface area contributed by atoms with Gasteiger partial charge in [0, 0.05) is 35.4 Å². The van der Waals surface area contributed by atoms with E-state index in [2.05, 4.69) is 16.3 Å². The van der Waals surface area contributed by atoms with Crippen molar-refractivity contribution in [2.75, 3.05) is 0 Å². The molecule has 0 aliphatic carbocycles. The fourth-order valence-electron chi connectivity index (χ4n) is 3.31. The molecule has 0 aliphatic heterocycles. The van der Waals surface area contributed by atoms with Crippen LogP contribution in [0.25, 0.3) is 27.6 Å². The quantitative estimate of drug-likeness (QED) is 0.542. The number of aromatic nitrogens is 5. The van der Waals surface area contributed by atoms with Crippen molar-refractivity contribution in [1.82, 2.24) is 24.5 Å². The molecular formula is C19H19N5O2S. The minimum Gasteiger partial charge on any atom is -0.363 e. The maximum atomic E-state index is 12.6. The van der Waals surface area contributed by atoms with E-state index in [9.17, 15) is 4.79 Å². The Labute approximate surface area is 159 Å². The SMILES string of the molecule is Cc1nn(C)c(=O)c(-c2nc(-c3cc(C)n(-c4ccon4)c3C)cs2)c1C. The third-order valence-corrected chi connectivity index (χ3v) is 5.66. The molecule has 138 valence electrons. The van der Waals surface area contributed by atoms with Gasteiger partial charge in [-0.3, -0.25) is 9.36 Å². The Kier molecular flexibility index (Phi) is 4.07. The molecule has 4 aromatic heterocycles. The van der Waals surface area contributed by atoms with E-state index < -0.39 is 0 Å². The third-order valence-electron chi connectivity index (χ3n) is 4.80. The van der Waals surface area contributed by atoms with Crippen LogP contribution in [0, 0.1) is 27.7 Å². The molecule has 4 heterocycles. The lowest BCUT2D eigenvalue weighted by atomic mass is 10.1. The van der Waals surface area contributed by atoms with E-state index in [0.717, 1.165) is 39.7 Å². The third kappa shape index (κ3) is 2.73. The van der Waals surface area contributed by atoms with Crippen molar-refractivity contribution in [1.29, 1.82) is 0 Å². The molecule has 0 spiro atoms. The number of nitrogens with zero attached hydrogens (tertiary/aromatic N) is 5. The fraction of sp³-hybridized carbons (Fsp3) is 0.263. The van der Waals surface area contributed by atoms with E-state index in [4.69, 9.17) is 9.51 Å². The Morgan fingerprint density at radius 1 is 1.19 bits per heavy atom. The summed E-state index contributed by atoms with van der Waals surface area (Å²) < 4.78 is 8.37. The first-order chi connectivity index (χ1) is 12.9. The largest absolute Gasteiger partial charge is 0.363 e. The molecule has 4 rings (SSSR count). The van der Waals surface area contributed by atoms with Crippen LogP contribution < -0.4 is 5.56 Å². The molecule has 8 heteroatoms. The van der Waals surface area contributed by atoms with Crippen LogP contribution in [0.2, 0.25) is 0 Å². The van der Waals surface area contributed by atoms with Gasteiger partial charge in [-0.15, -0.1) is 11.3 Å². The van der Waals surface area contributed by atoms with Crippen molar-refractivity contribution in [2.45, 2.75) is 27.7 Å². The van der Waals surface area contributed by atoms with Gasteiger partial charge >= 0.3 is 0 Å². The van der Waals surface area contributed by atoms with Gasteiger partial charge in [0.15, 0.2) is 5.82 Å². The summed E-state index contributed by atoms with van der Waals surface area (Å²) in [6.07, 6.45) is 1.55. The second-order valence-electron chi connectivity index (χ2n) is 6.53. The smallest absolute Gasteiger partial charge is 0.277 e. The molecule has 0 saturated heterocycles. The van der Waals surface area contributed by atoms with Crippen LogP contribution >= 0.6 is 11.3 Å². The summed E-state index contributed by atoms with van der Waals surface area (Å²) in [4.78, 5) is 17.4. The van der Waals surface area contributed by atoms with Crippen molar-refractivity contribution in [3.63, 3.8) is 0 Å². The monoisotopic (exact) mass is 381 g/mol. The summed E-state index contributed by atoms with van der Waals surface area (Å²) in [5.41, 5.74) is 6.09. The van der Waals surface area contributed by atoms with Crippen LogP contribution in [0.1, 0.15) is 22.6 Å². The minimum atomic E-state index is -0.132. The van der Waals surface area contributed by atoms with E-state index in [-0.39, 0.29) is 5.56 Å². The van der Waals surface area contributed by atoms with Gasteiger partial charge in [0.1, 0.15) is 11.3 Å². The van der Waals surface area contributed by atoms with Crippen molar-refractivity contribution in [2.24, 2.45) is 7.05 Å². The zero-order chi connectivity index (χ0) is 19.3. The Hall–Kier alpha value is -3.00. The van der Waals surface area contributed by atoms with Crippen molar-refractivity contribution < 1.29 is 4.52 Å². The molecule has 7 nitrogen and oxygen atoms in total. The van der Waals surface area contributed by atoms with Gasteiger partial charge in [-0.1, -0.05) is 5.16 Å². The molecule has 4 aromatic rings. The van der Waals surface area contributed by atoms with E-state index in [0.29, 0.717) is 10.6 Å². The zero-order valence-electron chi connectivity index (χ0n) is 15.8. The van der Waals surface area contributed by atoms with Gasteiger partial charge in [-0.2, -0.15) is 5.10 Å². The Morgan fingerprint density at radius 2 is 1.96 bits per heavy atom. The fourth-order valence-corrected chi connectivity index (χ4v) is 4.22. The molecule has 0 bridgehead atoms. The maximum absolute atomic E-state index is 12.6. The lowest BCUT2D eigenvalue weighted by Crippen LogP contribution is -2.23. The highest BCUT2D eigenvalue weighted by Gasteiger charge is 2.19. The predicted octanol–water partition coefficient (Wildman–Crippen LogP) is 3.58. The standard InChI is InChI=1S/C19H19N5O2S/c1-10-8-14(13(4)24(10)16-6-7-26-22-16)15-9-27-18(20-15)17-11(2)12(3)21-23(5)19(17)25/h6-9H,1-5H3. The minimum absolute atomic E-state index is 0.132. The Balaban J connectivity index is 1.84. The highest BCUT2D eigenvalue weighted by molar-refractivity contribution is 7.13.